The molecule has 0 bridgehead atoms. The molecule has 0 aliphatic carbocycles. The molecule has 1 aromatic rings. The Kier molecular flexibility index (Phi) is 5.89. The van der Waals surface area contributed by atoms with Crippen LogP contribution < -0.4 is 9.46 Å². The molecular weight excluding hydrogens is 340 g/mol. The van der Waals surface area contributed by atoms with Gasteiger partial charge in [0.1, 0.15) is 5.75 Å². The molecule has 1 atom stereocenters. The van der Waals surface area contributed by atoms with Crippen LogP contribution in [-0.4, -0.2) is 45.5 Å². The van der Waals surface area contributed by atoms with Crippen LogP contribution in [0.4, 0.5) is 0 Å². The Hall–Kier alpha value is -1.31. The third kappa shape index (κ3) is 4.37. The molecule has 0 aromatic heterocycles. The summed E-state index contributed by atoms with van der Waals surface area (Å²) in [6.45, 7) is 2.91. The molecule has 1 fully saturated rings. The van der Waals surface area contributed by atoms with Gasteiger partial charge in [0, 0.05) is 13.1 Å². The SMILES string of the molecule is COc1ccc(S(=O)(=O)N[C@@H](C)C(=O)N2CCCCC2)cc1Cl. The number of nitrogens with one attached hydrogen (secondary N) is 1. The second-order valence-electron chi connectivity index (χ2n) is 5.53. The van der Waals surface area contributed by atoms with Crippen LogP contribution in [0.25, 0.3) is 0 Å². The van der Waals surface area contributed by atoms with E-state index in [4.69, 9.17) is 16.3 Å². The summed E-state index contributed by atoms with van der Waals surface area (Å²) >= 11 is 5.96. The Morgan fingerprint density at radius 2 is 1.96 bits per heavy atom. The highest BCUT2D eigenvalue weighted by molar-refractivity contribution is 7.89. The molecule has 128 valence electrons. The quantitative estimate of drug-likeness (QED) is 0.871. The number of likely N-dealkylation sites (tertiary alicyclic amines) is 1. The van der Waals surface area contributed by atoms with E-state index in [2.05, 4.69) is 4.72 Å². The van der Waals surface area contributed by atoms with E-state index in [0.717, 1.165) is 19.3 Å². The Balaban J connectivity index is 2.10. The van der Waals surface area contributed by atoms with Gasteiger partial charge in [0.15, 0.2) is 0 Å². The van der Waals surface area contributed by atoms with Crippen molar-refractivity contribution >= 4 is 27.5 Å². The highest BCUT2D eigenvalue weighted by Crippen LogP contribution is 2.27. The lowest BCUT2D eigenvalue weighted by Crippen LogP contribution is -2.48. The number of piperidine rings is 1. The first kappa shape index (κ1) is 18.0. The van der Waals surface area contributed by atoms with Crippen LogP contribution in [0, 0.1) is 0 Å². The second-order valence-corrected chi connectivity index (χ2v) is 7.65. The van der Waals surface area contributed by atoms with Gasteiger partial charge >= 0.3 is 0 Å². The summed E-state index contributed by atoms with van der Waals surface area (Å²) in [5.74, 6) is 0.191. The van der Waals surface area contributed by atoms with Crippen molar-refractivity contribution in [3.63, 3.8) is 0 Å². The number of hydrogen-bond acceptors (Lipinski definition) is 4. The molecule has 1 aliphatic rings. The Bertz CT molecular complexity index is 672. The molecule has 23 heavy (non-hydrogen) atoms. The summed E-state index contributed by atoms with van der Waals surface area (Å²) in [5.41, 5.74) is 0. The van der Waals surface area contributed by atoms with Crippen LogP contribution in [0.15, 0.2) is 23.1 Å². The van der Waals surface area contributed by atoms with Gasteiger partial charge in [-0.1, -0.05) is 11.6 Å². The molecule has 1 amide bonds. The predicted molar refractivity (Wildman–Crippen MR) is 88.2 cm³/mol. The third-order valence-corrected chi connectivity index (χ3v) is 5.64. The molecule has 1 N–H and O–H groups in total. The fourth-order valence-corrected chi connectivity index (χ4v) is 4.10. The van der Waals surface area contributed by atoms with Gasteiger partial charge in [0.2, 0.25) is 15.9 Å². The molecular formula is C15H21ClN2O4S. The number of amides is 1. The predicted octanol–water partition coefficient (Wildman–Crippen LogP) is 2.03. The van der Waals surface area contributed by atoms with Gasteiger partial charge < -0.3 is 9.64 Å². The Morgan fingerprint density at radius 1 is 1.30 bits per heavy atom. The van der Waals surface area contributed by atoms with Gasteiger partial charge in [-0.3, -0.25) is 4.79 Å². The number of sulfonamides is 1. The van der Waals surface area contributed by atoms with Gasteiger partial charge in [-0.05, 0) is 44.4 Å². The van der Waals surface area contributed by atoms with Gasteiger partial charge in [-0.15, -0.1) is 0 Å². The number of benzene rings is 1. The van der Waals surface area contributed by atoms with Crippen molar-refractivity contribution in [3.05, 3.63) is 23.2 Å². The number of nitrogens with zero attached hydrogens (tertiary/aromatic N) is 1. The van der Waals surface area contributed by atoms with E-state index in [9.17, 15) is 13.2 Å². The Morgan fingerprint density at radius 3 is 2.52 bits per heavy atom. The molecule has 0 saturated carbocycles. The monoisotopic (exact) mass is 360 g/mol. The van der Waals surface area contributed by atoms with E-state index in [0.29, 0.717) is 18.8 Å². The average Bonchev–Trinajstić information content (AvgIpc) is 2.54. The summed E-state index contributed by atoms with van der Waals surface area (Å²) in [7, 11) is -2.38. The molecule has 1 aliphatic heterocycles. The van der Waals surface area contributed by atoms with Crippen molar-refractivity contribution in [2.75, 3.05) is 20.2 Å². The molecule has 0 unspecified atom stereocenters. The lowest BCUT2D eigenvalue weighted by Gasteiger charge is -2.29. The smallest absolute Gasteiger partial charge is 0.241 e. The van der Waals surface area contributed by atoms with Crippen molar-refractivity contribution in [1.82, 2.24) is 9.62 Å². The summed E-state index contributed by atoms with van der Waals surface area (Å²) in [4.78, 5) is 14.0. The minimum absolute atomic E-state index is 0.00148. The first-order valence-corrected chi connectivity index (χ1v) is 9.36. The van der Waals surface area contributed by atoms with Crippen molar-refractivity contribution in [3.8, 4) is 5.75 Å². The zero-order chi connectivity index (χ0) is 17.0. The van der Waals surface area contributed by atoms with Gasteiger partial charge in [0.05, 0.1) is 23.1 Å². The largest absolute Gasteiger partial charge is 0.495 e. The number of methoxy groups -OCH3 is 1. The van der Waals surface area contributed by atoms with Gasteiger partial charge in [-0.25, -0.2) is 8.42 Å². The topological polar surface area (TPSA) is 75.7 Å². The fraction of sp³-hybridized carbons (Fsp3) is 0.533. The van der Waals surface area contributed by atoms with E-state index in [1.807, 2.05) is 0 Å². The third-order valence-electron chi connectivity index (χ3n) is 3.80. The lowest BCUT2D eigenvalue weighted by atomic mass is 10.1. The number of halogens is 1. The molecule has 0 spiro atoms. The van der Waals surface area contributed by atoms with Crippen molar-refractivity contribution in [2.45, 2.75) is 37.1 Å². The standard InChI is InChI=1S/C15H21ClN2O4S/c1-11(15(19)18-8-4-3-5-9-18)17-23(20,21)12-6-7-14(22-2)13(16)10-12/h6-7,10-11,17H,3-5,8-9H2,1-2H3/t11-/m0/s1. The fourth-order valence-electron chi connectivity index (χ4n) is 2.55. The highest BCUT2D eigenvalue weighted by atomic mass is 35.5. The molecule has 1 saturated heterocycles. The summed E-state index contributed by atoms with van der Waals surface area (Å²) < 4.78 is 32.2. The zero-order valence-corrected chi connectivity index (χ0v) is 14.8. The molecule has 1 heterocycles. The number of rotatable bonds is 5. The van der Waals surface area contributed by atoms with E-state index in [1.165, 1.54) is 25.3 Å². The number of carbonyl (C=O) groups excluding carboxylic acids is 1. The molecule has 8 heteroatoms. The van der Waals surface area contributed by atoms with E-state index < -0.39 is 16.1 Å². The molecule has 2 rings (SSSR count). The second kappa shape index (κ2) is 7.51. The van der Waals surface area contributed by atoms with E-state index in [1.54, 1.807) is 11.8 Å². The first-order chi connectivity index (χ1) is 10.8. The van der Waals surface area contributed by atoms with Gasteiger partial charge in [-0.2, -0.15) is 4.72 Å². The highest BCUT2D eigenvalue weighted by Gasteiger charge is 2.27. The maximum Gasteiger partial charge on any atom is 0.241 e. The summed E-state index contributed by atoms with van der Waals surface area (Å²) in [6, 6.07) is 3.36. The normalized spacial score (nSPS) is 16.9. The molecule has 1 aromatic carbocycles. The van der Waals surface area contributed by atoms with Gasteiger partial charge in [0.25, 0.3) is 0 Å². The van der Waals surface area contributed by atoms with Crippen LogP contribution in [0.5, 0.6) is 5.75 Å². The van der Waals surface area contributed by atoms with Crippen molar-refractivity contribution < 1.29 is 17.9 Å². The number of ether oxygens (including phenoxy) is 1. The lowest BCUT2D eigenvalue weighted by molar-refractivity contribution is -0.133. The van der Waals surface area contributed by atoms with E-state index >= 15 is 0 Å². The van der Waals surface area contributed by atoms with Crippen LogP contribution in [-0.2, 0) is 14.8 Å². The Labute approximate surface area is 141 Å². The van der Waals surface area contributed by atoms with Crippen molar-refractivity contribution in [1.29, 1.82) is 0 Å². The average molecular weight is 361 g/mol. The number of hydrogen-bond donors (Lipinski definition) is 1. The maximum atomic E-state index is 12.4. The minimum atomic E-state index is -3.83. The zero-order valence-electron chi connectivity index (χ0n) is 13.2. The first-order valence-electron chi connectivity index (χ1n) is 7.50. The van der Waals surface area contributed by atoms with Crippen molar-refractivity contribution in [2.24, 2.45) is 0 Å². The van der Waals surface area contributed by atoms with Crippen LogP contribution in [0.2, 0.25) is 5.02 Å². The summed E-state index contributed by atoms with van der Waals surface area (Å²) in [6.07, 6.45) is 3.02. The van der Waals surface area contributed by atoms with Crippen LogP contribution >= 0.6 is 11.6 Å². The maximum absolute atomic E-state index is 12.4. The van der Waals surface area contributed by atoms with Crippen LogP contribution in [0.1, 0.15) is 26.2 Å². The molecule has 6 nitrogen and oxygen atoms in total. The molecule has 0 radical (unpaired) electrons. The van der Waals surface area contributed by atoms with Crippen LogP contribution in [0.3, 0.4) is 0 Å². The van der Waals surface area contributed by atoms with E-state index in [-0.39, 0.29) is 15.8 Å². The number of carbonyl (C=O) groups is 1. The minimum Gasteiger partial charge on any atom is -0.495 e. The summed E-state index contributed by atoms with van der Waals surface area (Å²) in [5, 5.41) is 0.199.